The van der Waals surface area contributed by atoms with Crippen LogP contribution in [0.25, 0.3) is 0 Å². The predicted octanol–water partition coefficient (Wildman–Crippen LogP) is 2.37. The molecule has 0 aliphatic carbocycles. The molecule has 3 amide bonds. The Balaban J connectivity index is 2.78. The Morgan fingerprint density at radius 2 is 1.35 bits per heavy atom. The summed E-state index contributed by atoms with van der Waals surface area (Å²) < 4.78 is 39.7. The number of aliphatic hydroxyl groups is 2. The zero-order valence-corrected chi connectivity index (χ0v) is 36.1. The van der Waals surface area contributed by atoms with E-state index in [0.29, 0.717) is 6.42 Å². The van der Waals surface area contributed by atoms with Gasteiger partial charge in [0.05, 0.1) is 13.2 Å². The molecular weight excluding hydrogens is 817 g/mol. The molecule has 21 nitrogen and oxygen atoms in total. The van der Waals surface area contributed by atoms with Crippen molar-refractivity contribution in [3.63, 3.8) is 0 Å². The second-order valence-electron chi connectivity index (χ2n) is 14.9. The third kappa shape index (κ3) is 22.5. The number of phosphoric ester groups is 1. The summed E-state index contributed by atoms with van der Waals surface area (Å²) in [4.78, 5) is 82.6. The molecule has 1 aliphatic heterocycles. The van der Waals surface area contributed by atoms with E-state index in [9.17, 15) is 58.7 Å². The summed E-state index contributed by atoms with van der Waals surface area (Å²) >= 11 is 0. The maximum atomic E-state index is 13.1. The van der Waals surface area contributed by atoms with Crippen LogP contribution in [0.4, 0.5) is 0 Å². The zero-order chi connectivity index (χ0) is 45.3. The van der Waals surface area contributed by atoms with Crippen LogP contribution in [0.1, 0.15) is 130 Å². The van der Waals surface area contributed by atoms with Crippen molar-refractivity contribution in [3.05, 3.63) is 0 Å². The number of aliphatic carboxylic acids is 3. The standard InChI is InChI=1S/C38H68N3O18P/c1-5-6-7-8-9-10-11-12-13-14-15-16-17-18-21-55-29(37(51)52)23-56-60(53,54)59-38-31(40-26(4)43)33(32(46)28(22-42)58-38)57-25(3)35(48)39-24(2)34(47)41-27(36(49)50)19-20-30(44)45/h24-25,27-29,31-33,38,42,46H,5-23H2,1-4H3,(H,39,48)(H,40,43)(H,41,47)(H,44,45)(H,49,50)(H,51,52)(H,53,54)/t24-,25+,27+,28+,29+,31+,32+,33+,38+/m0/s1. The van der Waals surface area contributed by atoms with E-state index in [-0.39, 0.29) is 6.61 Å². The zero-order valence-electron chi connectivity index (χ0n) is 35.2. The van der Waals surface area contributed by atoms with Gasteiger partial charge in [0, 0.05) is 20.0 Å². The molecule has 1 heterocycles. The summed E-state index contributed by atoms with van der Waals surface area (Å²) in [5.41, 5.74) is 0. The molecule has 60 heavy (non-hydrogen) atoms. The fourth-order valence-electron chi connectivity index (χ4n) is 6.26. The molecule has 9 N–H and O–H groups in total. The molecule has 0 bridgehead atoms. The summed E-state index contributed by atoms with van der Waals surface area (Å²) in [7, 11) is -5.24. The Labute approximate surface area is 351 Å². The van der Waals surface area contributed by atoms with Gasteiger partial charge >= 0.3 is 25.7 Å². The van der Waals surface area contributed by atoms with Gasteiger partial charge in [-0.1, -0.05) is 90.4 Å². The number of rotatable bonds is 34. The van der Waals surface area contributed by atoms with Crippen molar-refractivity contribution in [3.8, 4) is 0 Å². The van der Waals surface area contributed by atoms with Gasteiger partial charge in [0.25, 0.3) is 0 Å². The van der Waals surface area contributed by atoms with Crippen molar-refractivity contribution in [1.29, 1.82) is 0 Å². The van der Waals surface area contributed by atoms with E-state index in [4.69, 9.17) is 28.4 Å². The fourth-order valence-corrected chi connectivity index (χ4v) is 7.09. The maximum Gasteiger partial charge on any atom is 0.474 e. The van der Waals surface area contributed by atoms with Crippen LogP contribution in [-0.4, -0.2) is 141 Å². The quantitative estimate of drug-likeness (QED) is 0.0331. The number of carboxylic acids is 3. The van der Waals surface area contributed by atoms with E-state index in [1.165, 1.54) is 71.6 Å². The number of amides is 3. The molecule has 0 spiro atoms. The molecule has 348 valence electrons. The van der Waals surface area contributed by atoms with Crippen molar-refractivity contribution in [2.45, 2.75) is 185 Å². The highest BCUT2D eigenvalue weighted by Gasteiger charge is 2.50. The minimum absolute atomic E-state index is 0.0469. The molecule has 22 heteroatoms. The first-order valence-corrected chi connectivity index (χ1v) is 22.2. The van der Waals surface area contributed by atoms with Gasteiger partial charge in [-0.25, -0.2) is 14.2 Å². The van der Waals surface area contributed by atoms with Crippen LogP contribution in [0.5, 0.6) is 0 Å². The average Bonchev–Trinajstić information content (AvgIpc) is 3.17. The minimum Gasteiger partial charge on any atom is -0.481 e. The SMILES string of the molecule is CCCCCCCCCCCCCCCCO[C@H](COP(=O)(O)O[C@H]1O[C@H](CO)[C@@H](O)[C@H](O[C@H](C)C(=O)N[C@@H](C)C(=O)N[C@H](CCC(=O)O)C(=O)O)[C@H]1NC(C)=O)C(=O)O. The van der Waals surface area contributed by atoms with Crippen LogP contribution in [0, 0.1) is 0 Å². The number of hydrogen-bond acceptors (Lipinski definition) is 14. The summed E-state index contributed by atoms with van der Waals surface area (Å²) in [6.45, 7) is 3.82. The molecule has 1 fully saturated rings. The van der Waals surface area contributed by atoms with Gasteiger partial charge in [0.2, 0.25) is 17.7 Å². The normalized spacial score (nSPS) is 22.1. The minimum atomic E-state index is -5.24. The highest BCUT2D eigenvalue weighted by Crippen LogP contribution is 2.47. The van der Waals surface area contributed by atoms with E-state index in [1.54, 1.807) is 0 Å². The van der Waals surface area contributed by atoms with Crippen molar-refractivity contribution in [2.75, 3.05) is 19.8 Å². The van der Waals surface area contributed by atoms with Crippen molar-refractivity contribution in [2.24, 2.45) is 0 Å². The highest BCUT2D eigenvalue weighted by atomic mass is 31.2. The number of phosphoric acid groups is 1. The third-order valence-electron chi connectivity index (χ3n) is 9.69. The second kappa shape index (κ2) is 29.9. The second-order valence-corrected chi connectivity index (χ2v) is 16.3. The van der Waals surface area contributed by atoms with Gasteiger partial charge in [-0.3, -0.25) is 28.2 Å². The number of carboxylic acid groups (broad SMARTS) is 3. The predicted molar refractivity (Wildman–Crippen MR) is 212 cm³/mol. The van der Waals surface area contributed by atoms with E-state index >= 15 is 0 Å². The summed E-state index contributed by atoms with van der Waals surface area (Å²) in [6.07, 6.45) is 4.61. The lowest BCUT2D eigenvalue weighted by Crippen LogP contribution is -2.66. The molecule has 1 saturated heterocycles. The smallest absolute Gasteiger partial charge is 0.474 e. The number of hydrogen-bond donors (Lipinski definition) is 9. The number of aliphatic hydroxyl groups excluding tert-OH is 2. The van der Waals surface area contributed by atoms with Gasteiger partial charge in [-0.2, -0.15) is 0 Å². The molecular formula is C38H68N3O18P. The van der Waals surface area contributed by atoms with Crippen LogP contribution < -0.4 is 16.0 Å². The summed E-state index contributed by atoms with van der Waals surface area (Å²) in [6, 6.07) is -4.60. The van der Waals surface area contributed by atoms with Crippen LogP contribution in [0.3, 0.4) is 0 Å². The Bertz CT molecular complexity index is 1370. The first kappa shape index (κ1) is 54.7. The Hall–Kier alpha value is -3.27. The van der Waals surface area contributed by atoms with Crippen molar-refractivity contribution < 1.29 is 87.0 Å². The lowest BCUT2D eigenvalue weighted by atomic mass is 9.96. The van der Waals surface area contributed by atoms with Crippen molar-refractivity contribution >= 4 is 43.5 Å². The number of carbonyl (C=O) groups is 6. The molecule has 1 aliphatic rings. The summed E-state index contributed by atoms with van der Waals surface area (Å²) in [5, 5.41) is 55.4. The van der Waals surface area contributed by atoms with E-state index in [0.717, 1.165) is 32.6 Å². The maximum absolute atomic E-state index is 13.1. The van der Waals surface area contributed by atoms with Gasteiger partial charge in [0.1, 0.15) is 42.5 Å². The molecule has 0 saturated carbocycles. The number of unbranched alkanes of at least 4 members (excludes halogenated alkanes) is 13. The Morgan fingerprint density at radius 1 is 0.800 bits per heavy atom. The van der Waals surface area contributed by atoms with E-state index < -0.39 is 124 Å². The Morgan fingerprint density at radius 3 is 1.83 bits per heavy atom. The lowest BCUT2D eigenvalue weighted by molar-refractivity contribution is -0.261. The van der Waals surface area contributed by atoms with E-state index in [2.05, 4.69) is 22.9 Å². The molecule has 0 radical (unpaired) electrons. The number of ether oxygens (including phenoxy) is 3. The highest BCUT2D eigenvalue weighted by molar-refractivity contribution is 7.47. The number of nitrogens with one attached hydrogen (secondary N) is 3. The lowest BCUT2D eigenvalue weighted by Gasteiger charge is -2.44. The Kier molecular flexibility index (Phi) is 27.3. The van der Waals surface area contributed by atoms with Crippen LogP contribution in [-0.2, 0) is 56.6 Å². The molecule has 10 atom stereocenters. The van der Waals surface area contributed by atoms with Gasteiger partial charge in [0.15, 0.2) is 12.4 Å². The topological polar surface area (TPSA) is 323 Å². The van der Waals surface area contributed by atoms with Crippen LogP contribution >= 0.6 is 7.82 Å². The van der Waals surface area contributed by atoms with Gasteiger partial charge < -0.3 is 60.6 Å². The van der Waals surface area contributed by atoms with Crippen molar-refractivity contribution in [1.82, 2.24) is 16.0 Å². The van der Waals surface area contributed by atoms with Gasteiger partial charge in [-0.15, -0.1) is 0 Å². The number of carbonyl (C=O) groups excluding carboxylic acids is 3. The van der Waals surface area contributed by atoms with Crippen LogP contribution in [0.15, 0.2) is 0 Å². The molecule has 0 aromatic rings. The largest absolute Gasteiger partial charge is 0.481 e. The molecule has 1 unspecified atom stereocenters. The third-order valence-corrected chi connectivity index (χ3v) is 10.6. The monoisotopic (exact) mass is 885 g/mol. The summed E-state index contributed by atoms with van der Waals surface area (Å²) in [5.74, 6) is -7.01. The molecule has 0 aromatic carbocycles. The first-order valence-electron chi connectivity index (χ1n) is 20.8. The fraction of sp³-hybridized carbons (Fsp3) is 0.842. The van der Waals surface area contributed by atoms with Crippen LogP contribution in [0.2, 0.25) is 0 Å². The average molecular weight is 886 g/mol. The van der Waals surface area contributed by atoms with Gasteiger partial charge in [-0.05, 0) is 26.7 Å². The molecule has 1 rings (SSSR count). The molecule has 0 aromatic heterocycles. The first-order chi connectivity index (χ1) is 28.3. The van der Waals surface area contributed by atoms with E-state index in [1.807, 2.05) is 0 Å².